The summed E-state index contributed by atoms with van der Waals surface area (Å²) >= 11 is 0. The molecule has 0 aromatic heterocycles. The summed E-state index contributed by atoms with van der Waals surface area (Å²) in [6.07, 6.45) is -48.3. The molecular weight excluding hydrogens is 1450 g/mol. The first-order chi connectivity index (χ1) is 49.0. The van der Waals surface area contributed by atoms with E-state index in [1.165, 1.54) is 6.92 Å². The Bertz CT molecular complexity index is 3350. The number of aliphatic hydroxyl groups excluding tert-OH is 1. The van der Waals surface area contributed by atoms with Gasteiger partial charge in [0, 0.05) is 93.6 Å². The monoisotopic (exact) mass is 1530 g/mol. The molecule has 1 aliphatic carbocycles. The van der Waals surface area contributed by atoms with Crippen molar-refractivity contribution in [2.75, 3.05) is 20.3 Å². The van der Waals surface area contributed by atoms with Gasteiger partial charge in [-0.25, -0.2) is 4.79 Å². The lowest BCUT2D eigenvalue weighted by Crippen LogP contribution is -2.73. The van der Waals surface area contributed by atoms with Crippen LogP contribution in [0.25, 0.3) is 0 Å². The second kappa shape index (κ2) is 37.0. The lowest BCUT2D eigenvalue weighted by atomic mass is 9.85. The molecule has 0 radical (unpaired) electrons. The van der Waals surface area contributed by atoms with Gasteiger partial charge in [0.2, 0.25) is 24.0 Å². The minimum Gasteiger partial charge on any atom is -0.510 e. The Labute approximate surface area is 596 Å². The second-order valence-electron chi connectivity index (χ2n) is 24.3. The van der Waals surface area contributed by atoms with Crippen molar-refractivity contribution in [3.63, 3.8) is 0 Å². The molecule has 0 aromatic carbocycles. The van der Waals surface area contributed by atoms with Crippen molar-refractivity contribution < 1.29 is 186 Å². The third kappa shape index (κ3) is 22.4. The summed E-state index contributed by atoms with van der Waals surface area (Å²) in [7, 11) is -2.46. The zero-order valence-electron chi connectivity index (χ0n) is 58.8. The fourth-order valence-electron chi connectivity index (χ4n) is 12.1. The van der Waals surface area contributed by atoms with Crippen LogP contribution in [0.5, 0.6) is 0 Å². The summed E-state index contributed by atoms with van der Waals surface area (Å²) in [6, 6.07) is -4.08. The van der Waals surface area contributed by atoms with Crippen molar-refractivity contribution in [1.82, 2.24) is 16.0 Å². The molecule has 6 aliphatic rings. The lowest BCUT2D eigenvalue weighted by molar-refractivity contribution is -0.375. The number of allylic oxidation sites excluding steroid dienone is 2. The Kier molecular flexibility index (Phi) is 30.0. The predicted octanol–water partition coefficient (Wildman–Crippen LogP) is -3.90. The Balaban J connectivity index is 1.58. The highest BCUT2D eigenvalue weighted by atomic mass is 31.1. The molecule has 5 fully saturated rings. The van der Waals surface area contributed by atoms with Crippen LogP contribution in [0.1, 0.15) is 103 Å². The van der Waals surface area contributed by atoms with Gasteiger partial charge in [-0.2, -0.15) is 0 Å². The Morgan fingerprint density at radius 3 is 1.42 bits per heavy atom. The number of Topliss-reactive ketones (excluding diaryl/α,β-unsaturated/α-hetero) is 1. The molecule has 0 aromatic rings. The smallest absolute Gasteiger partial charge is 0.510 e. The van der Waals surface area contributed by atoms with Gasteiger partial charge in [-0.15, -0.1) is 4.52 Å². The first kappa shape index (κ1) is 85.1. The van der Waals surface area contributed by atoms with E-state index >= 15 is 0 Å². The number of primary amides is 2. The van der Waals surface area contributed by atoms with Crippen molar-refractivity contribution in [3.8, 4) is 0 Å². The number of nitrogens with two attached hydrogens (primary N) is 2. The van der Waals surface area contributed by atoms with Gasteiger partial charge in [0.15, 0.2) is 104 Å². The molecule has 26 atom stereocenters. The molecule has 0 spiro atoms. The summed E-state index contributed by atoms with van der Waals surface area (Å²) in [5.41, 5.74) is 7.67. The number of carbonyl (C=O) groups excluding carboxylic acids is 15. The maximum absolute atomic E-state index is 14.4. The van der Waals surface area contributed by atoms with Gasteiger partial charge in [-0.1, -0.05) is 4.52 Å². The number of ketones is 1. The quantitative estimate of drug-likeness (QED) is 0.0224. The summed E-state index contributed by atoms with van der Waals surface area (Å²) in [6.45, 7) is 10.0. The van der Waals surface area contributed by atoms with E-state index in [9.17, 15) is 86.7 Å². The van der Waals surface area contributed by atoms with Gasteiger partial charge in [0.25, 0.3) is 5.91 Å². The van der Waals surface area contributed by atoms with Crippen LogP contribution in [0, 0.1) is 0 Å². The number of carbonyl (C=O) groups is 15. The van der Waals surface area contributed by atoms with Crippen molar-refractivity contribution in [2.24, 2.45) is 11.5 Å². The van der Waals surface area contributed by atoms with Crippen LogP contribution in [-0.2, 0) is 171 Å². The minimum atomic E-state index is -3.34. The van der Waals surface area contributed by atoms with E-state index in [4.69, 9.17) is 111 Å². The fourth-order valence-corrected chi connectivity index (χ4v) is 12.5. The first-order valence-corrected chi connectivity index (χ1v) is 33.0. The van der Waals surface area contributed by atoms with Gasteiger partial charge < -0.3 is 128 Å². The van der Waals surface area contributed by atoms with E-state index in [-0.39, 0.29) is 12.8 Å². The lowest BCUT2D eigenvalue weighted by Gasteiger charge is -2.52. The molecule has 0 saturated carbocycles. The zero-order valence-corrected chi connectivity index (χ0v) is 59.7. The Morgan fingerprint density at radius 1 is 0.505 bits per heavy atom. The van der Waals surface area contributed by atoms with Gasteiger partial charge in [-0.3, -0.25) is 67.1 Å². The zero-order chi connectivity index (χ0) is 78.5. The van der Waals surface area contributed by atoms with E-state index in [0.717, 1.165) is 90.2 Å². The summed E-state index contributed by atoms with van der Waals surface area (Å²) in [5.74, 6) is -16.1. The Morgan fingerprint density at radius 2 is 0.943 bits per heavy atom. The minimum absolute atomic E-state index is 0.207. The molecule has 9 N–H and O–H groups in total. The Hall–Kier alpha value is -8.79. The van der Waals surface area contributed by atoms with Crippen LogP contribution < -0.4 is 27.4 Å². The van der Waals surface area contributed by atoms with Gasteiger partial charge in [0.05, 0.1) is 19.8 Å². The number of ether oxygens (including phenoxy) is 19. The molecule has 586 valence electrons. The largest absolute Gasteiger partial charge is 0.699 e. The molecule has 105 heavy (non-hydrogen) atoms. The van der Waals surface area contributed by atoms with Crippen molar-refractivity contribution in [2.45, 2.75) is 256 Å². The number of hydrogen-bond acceptors (Lipinski definition) is 39. The molecular formula is C60H83N5O39P+. The number of esters is 9. The molecule has 0 bridgehead atoms. The van der Waals surface area contributed by atoms with Crippen LogP contribution in [-0.4, -0.2) is 273 Å². The van der Waals surface area contributed by atoms with Gasteiger partial charge in [0.1, 0.15) is 60.2 Å². The summed E-state index contributed by atoms with van der Waals surface area (Å²) in [4.78, 5) is 197. The number of rotatable bonds is 28. The SMILES string of the molecule is CO[P+](=O)O[C@H]1O[C@H](C(N)=O)[C@@](C)(O)[C@H](OC(N)=O)[C@H]1O[C@@H]1O[C@H](CO[C@@H]2O[C@H](COC(C)=O)[C@@H](OC(C)=O)[C@H](OC(C)=O)[C@H]2OC(C)=O)[C@@H](O[C@@H]2O[C@H](C)[C@@H](O[C@@H]3O[C@H](C(=O)NC4=C(O)CCC4=O)[C@H](OC(C)=O)[C@H](OC(C)=O)[C@H]3OC(C)=O)[C@H](OC(C)=O)[C@H]2NC(C)=O)[C@H](OC(C)=O)[C@H]1NC(C)=O. The maximum atomic E-state index is 14.4. The number of amides is 5. The standard InChI is InChI=1S/C60H82N5O39P/c1-19-38(98-57-48(95-30(12)76)45(93-28(10)74)44(92-27(9)73)46(100-57)53(80)65-35-31(77)15-16-32(35)78)41(89-24(6)70)36(63-20(2)66)54(87-19)99-39-34(18-86-56-47(94-29(11)75)43(91-26(8)72)40(88-23(5)69)33(97-56)17-85-22(4)68)96-55(37(64-21(3)67)42(39)90-25(7)71)101-49-50(103-59(62)81)60(13,82)51(52(61)79)102-58(49)104-105(83)84-14/h19,33-34,36-51,54-58,82H,15-18H2,1-14H3,(H7-,61,62,63,64,65,66,67,77,78,79,80,81)/p+1/t19-,33-,34-,36-,37-,38-,39-,40-,41-,42-,43+,44-,45+,46+,47-,48-,49-,50-,51-,54+,55+,56-,57-,58-,60+/m1/s1. The van der Waals surface area contributed by atoms with Crippen LogP contribution in [0.4, 0.5) is 4.79 Å². The molecule has 5 amide bonds. The highest BCUT2D eigenvalue weighted by Gasteiger charge is 2.65. The fraction of sp³-hybridized carbons (Fsp3) is 0.717. The van der Waals surface area contributed by atoms with Crippen molar-refractivity contribution >= 4 is 97.5 Å². The number of nitrogens with one attached hydrogen (secondary N) is 3. The van der Waals surface area contributed by atoms with Crippen LogP contribution >= 0.6 is 8.25 Å². The average Bonchev–Trinajstić information content (AvgIpc) is 1.34. The maximum Gasteiger partial charge on any atom is 0.699 e. The van der Waals surface area contributed by atoms with E-state index in [1.54, 1.807) is 0 Å². The van der Waals surface area contributed by atoms with Crippen molar-refractivity contribution in [3.05, 3.63) is 11.5 Å². The highest BCUT2D eigenvalue weighted by molar-refractivity contribution is 7.33. The van der Waals surface area contributed by atoms with E-state index in [0.29, 0.717) is 0 Å². The van der Waals surface area contributed by atoms with Crippen molar-refractivity contribution in [1.29, 1.82) is 0 Å². The molecule has 44 nitrogen and oxygen atoms in total. The van der Waals surface area contributed by atoms with Crippen LogP contribution in [0.15, 0.2) is 11.5 Å². The van der Waals surface area contributed by atoms with E-state index in [2.05, 4.69) is 16.0 Å². The molecule has 6 rings (SSSR count). The van der Waals surface area contributed by atoms with Crippen LogP contribution in [0.3, 0.4) is 0 Å². The molecule has 5 aliphatic heterocycles. The predicted molar refractivity (Wildman–Crippen MR) is 328 cm³/mol. The molecule has 45 heteroatoms. The van der Waals surface area contributed by atoms with Crippen LogP contribution in [0.2, 0.25) is 0 Å². The normalized spacial score (nSPS) is 34.6. The van der Waals surface area contributed by atoms with Gasteiger partial charge >= 0.3 is 68.1 Å². The number of hydrogen-bond donors (Lipinski definition) is 7. The first-order valence-electron chi connectivity index (χ1n) is 31.9. The third-order valence-electron chi connectivity index (χ3n) is 15.9. The highest BCUT2D eigenvalue weighted by Crippen LogP contribution is 2.43. The van der Waals surface area contributed by atoms with Gasteiger partial charge in [-0.05, 0) is 13.8 Å². The topological polar surface area (TPSA) is 596 Å². The van der Waals surface area contributed by atoms with E-state index in [1.807, 2.05) is 0 Å². The second-order valence-corrected chi connectivity index (χ2v) is 25.3. The molecule has 5 heterocycles. The summed E-state index contributed by atoms with van der Waals surface area (Å²) in [5, 5.41) is 29.7. The average molecular weight is 1530 g/mol. The molecule has 5 saturated heterocycles. The number of aliphatic hydroxyl groups is 2. The van der Waals surface area contributed by atoms with E-state index < -0.39 is 275 Å². The summed E-state index contributed by atoms with van der Waals surface area (Å²) < 4.78 is 136. The third-order valence-corrected chi connectivity index (χ3v) is 16.5. The molecule has 1 unspecified atom stereocenters.